The van der Waals surface area contributed by atoms with Crippen LogP contribution in [0.1, 0.15) is 24.1 Å². The van der Waals surface area contributed by atoms with E-state index in [1.54, 1.807) is 14.0 Å². The zero-order valence-electron chi connectivity index (χ0n) is 20.5. The lowest BCUT2D eigenvalue weighted by Gasteiger charge is -2.29. The summed E-state index contributed by atoms with van der Waals surface area (Å²) in [6, 6.07) is 16.4. The van der Waals surface area contributed by atoms with E-state index in [0.717, 1.165) is 22.5 Å². The molecule has 0 spiro atoms. The molecule has 1 aliphatic rings. The number of nitrogens with one attached hydrogen (secondary N) is 2. The second kappa shape index (κ2) is 11.9. The average Bonchev–Trinajstić information content (AvgIpc) is 3.29. The van der Waals surface area contributed by atoms with Gasteiger partial charge in [0.2, 0.25) is 0 Å². The lowest BCUT2D eigenvalue weighted by molar-refractivity contribution is -0.139. The first kappa shape index (κ1) is 25.5. The number of aromatic nitrogens is 3. The van der Waals surface area contributed by atoms with Crippen molar-refractivity contribution in [3.8, 4) is 11.4 Å². The van der Waals surface area contributed by atoms with Gasteiger partial charge >= 0.3 is 12.0 Å². The quantitative estimate of drug-likeness (QED) is 0.317. The fourth-order valence-corrected chi connectivity index (χ4v) is 4.92. The fraction of sp³-hybridized carbons (Fsp3) is 0.308. The summed E-state index contributed by atoms with van der Waals surface area (Å²) < 4.78 is 12.7. The van der Waals surface area contributed by atoms with E-state index in [1.165, 1.54) is 11.8 Å². The maximum absolute atomic E-state index is 13.0. The average molecular weight is 508 g/mol. The summed E-state index contributed by atoms with van der Waals surface area (Å²) >= 11 is 1.39. The van der Waals surface area contributed by atoms with Crippen molar-refractivity contribution in [2.75, 3.05) is 26.1 Å². The van der Waals surface area contributed by atoms with Crippen molar-refractivity contribution in [1.29, 1.82) is 0 Å². The first-order valence-corrected chi connectivity index (χ1v) is 12.6. The Bertz CT molecular complexity index is 1260. The molecule has 0 radical (unpaired) electrons. The van der Waals surface area contributed by atoms with Crippen LogP contribution in [0.25, 0.3) is 11.4 Å². The molecule has 36 heavy (non-hydrogen) atoms. The number of aryl methyl sites for hydroxylation is 1. The Morgan fingerprint density at radius 3 is 2.67 bits per heavy atom. The molecule has 0 fully saturated rings. The number of ether oxygens (including phenoxy) is 2. The number of carbonyl (C=O) groups excluding carboxylic acids is 2. The number of amides is 2. The van der Waals surface area contributed by atoms with Crippen molar-refractivity contribution < 1.29 is 19.1 Å². The second-order valence-electron chi connectivity index (χ2n) is 8.16. The molecular formula is C26H29N5O4S. The Morgan fingerprint density at radius 2 is 1.94 bits per heavy atom. The van der Waals surface area contributed by atoms with Crippen LogP contribution in [-0.2, 0) is 20.8 Å². The highest BCUT2D eigenvalue weighted by Crippen LogP contribution is 2.31. The number of hydrogen-bond acceptors (Lipinski definition) is 7. The maximum Gasteiger partial charge on any atom is 0.338 e. The van der Waals surface area contributed by atoms with E-state index in [0.29, 0.717) is 35.3 Å². The van der Waals surface area contributed by atoms with Crippen molar-refractivity contribution in [2.24, 2.45) is 0 Å². The number of benzene rings is 2. The largest absolute Gasteiger partial charge is 0.463 e. The van der Waals surface area contributed by atoms with Crippen LogP contribution < -0.4 is 10.6 Å². The lowest BCUT2D eigenvalue weighted by atomic mass is 9.95. The maximum atomic E-state index is 13.0. The first-order valence-electron chi connectivity index (χ1n) is 11.7. The summed E-state index contributed by atoms with van der Waals surface area (Å²) in [5.74, 6) is 0.550. The number of esters is 1. The molecule has 2 heterocycles. The van der Waals surface area contributed by atoms with Crippen LogP contribution in [0.4, 0.5) is 4.79 Å². The van der Waals surface area contributed by atoms with Gasteiger partial charge in [-0.15, -0.1) is 10.2 Å². The van der Waals surface area contributed by atoms with Crippen LogP contribution in [0.2, 0.25) is 0 Å². The van der Waals surface area contributed by atoms with Crippen LogP contribution in [0.15, 0.2) is 71.0 Å². The Labute approximate surface area is 214 Å². The topological polar surface area (TPSA) is 107 Å². The molecule has 3 aromatic rings. The molecule has 0 saturated carbocycles. The van der Waals surface area contributed by atoms with Gasteiger partial charge in [-0.05, 0) is 25.5 Å². The van der Waals surface area contributed by atoms with Gasteiger partial charge in [-0.2, -0.15) is 0 Å². The molecule has 1 aliphatic heterocycles. The standard InChI is InChI=1S/C26H29N5O4S/c1-4-35-24(32)21-20(27-25(33)28-22(21)18-10-6-5-7-11-18)16-36-26-30-29-23(31(26)13-14-34-3)19-12-8-9-17(2)15-19/h5-12,15,22H,4,13-14,16H2,1-3H3,(H2,27,28,33)/t22-/m1/s1. The van der Waals surface area contributed by atoms with Gasteiger partial charge in [0.25, 0.3) is 0 Å². The summed E-state index contributed by atoms with van der Waals surface area (Å²) in [7, 11) is 1.65. The van der Waals surface area contributed by atoms with Gasteiger partial charge in [0.1, 0.15) is 0 Å². The third-order valence-corrected chi connectivity index (χ3v) is 6.63. The minimum atomic E-state index is -0.621. The first-order chi connectivity index (χ1) is 17.5. The summed E-state index contributed by atoms with van der Waals surface area (Å²) in [6.07, 6.45) is 0. The molecule has 2 N–H and O–H groups in total. The Morgan fingerprint density at radius 1 is 1.14 bits per heavy atom. The van der Waals surface area contributed by atoms with Gasteiger partial charge in [0.15, 0.2) is 11.0 Å². The normalized spacial score (nSPS) is 15.4. The number of thioether (sulfide) groups is 1. The number of methoxy groups -OCH3 is 1. The van der Waals surface area contributed by atoms with Crippen LogP contribution in [0.3, 0.4) is 0 Å². The molecular weight excluding hydrogens is 478 g/mol. The third-order valence-electron chi connectivity index (χ3n) is 5.64. The number of hydrogen-bond donors (Lipinski definition) is 2. The predicted octanol–water partition coefficient (Wildman–Crippen LogP) is 3.86. The Hall–Kier alpha value is -3.63. The van der Waals surface area contributed by atoms with Crippen LogP contribution in [0, 0.1) is 6.92 Å². The minimum Gasteiger partial charge on any atom is -0.463 e. The Kier molecular flexibility index (Phi) is 8.40. The molecule has 0 unspecified atom stereocenters. The van der Waals surface area contributed by atoms with E-state index >= 15 is 0 Å². The van der Waals surface area contributed by atoms with Crippen molar-refractivity contribution in [3.05, 3.63) is 77.0 Å². The number of urea groups is 1. The van der Waals surface area contributed by atoms with E-state index in [1.807, 2.05) is 60.0 Å². The van der Waals surface area contributed by atoms with E-state index in [2.05, 4.69) is 26.9 Å². The van der Waals surface area contributed by atoms with E-state index in [9.17, 15) is 9.59 Å². The SMILES string of the molecule is CCOC(=O)C1=C(CSc2nnc(-c3cccc(C)c3)n2CCOC)NC(=O)N[C@@H]1c1ccccc1. The Balaban J connectivity index is 1.68. The highest BCUT2D eigenvalue weighted by molar-refractivity contribution is 7.99. The smallest absolute Gasteiger partial charge is 0.338 e. The molecule has 1 atom stereocenters. The highest BCUT2D eigenvalue weighted by atomic mass is 32.2. The lowest BCUT2D eigenvalue weighted by Crippen LogP contribution is -2.46. The van der Waals surface area contributed by atoms with Crippen molar-refractivity contribution in [2.45, 2.75) is 31.6 Å². The highest BCUT2D eigenvalue weighted by Gasteiger charge is 2.33. The second-order valence-corrected chi connectivity index (χ2v) is 9.11. The zero-order chi connectivity index (χ0) is 25.5. The summed E-state index contributed by atoms with van der Waals surface area (Å²) in [6.45, 7) is 5.05. The van der Waals surface area contributed by atoms with Gasteiger partial charge in [0, 0.05) is 24.1 Å². The minimum absolute atomic E-state index is 0.226. The molecule has 9 nitrogen and oxygen atoms in total. The molecule has 0 aliphatic carbocycles. The van der Waals surface area contributed by atoms with Gasteiger partial charge in [0.05, 0.1) is 31.4 Å². The molecule has 188 valence electrons. The van der Waals surface area contributed by atoms with Crippen LogP contribution in [0.5, 0.6) is 0 Å². The zero-order valence-corrected chi connectivity index (χ0v) is 21.3. The molecule has 2 amide bonds. The van der Waals surface area contributed by atoms with Crippen molar-refractivity contribution >= 4 is 23.8 Å². The predicted molar refractivity (Wildman–Crippen MR) is 137 cm³/mol. The third kappa shape index (κ3) is 5.77. The van der Waals surface area contributed by atoms with Gasteiger partial charge in [-0.1, -0.05) is 65.9 Å². The molecule has 0 bridgehead atoms. The monoisotopic (exact) mass is 507 g/mol. The molecule has 2 aromatic carbocycles. The van der Waals surface area contributed by atoms with Crippen molar-refractivity contribution in [1.82, 2.24) is 25.4 Å². The summed E-state index contributed by atoms with van der Waals surface area (Å²) in [5, 5.41) is 15.2. The fourth-order valence-electron chi connectivity index (χ4n) is 3.99. The number of nitrogens with zero attached hydrogens (tertiary/aromatic N) is 3. The van der Waals surface area contributed by atoms with Gasteiger partial charge in [-0.3, -0.25) is 4.57 Å². The van der Waals surface area contributed by atoms with Gasteiger partial charge in [-0.25, -0.2) is 9.59 Å². The summed E-state index contributed by atoms with van der Waals surface area (Å²) in [5.41, 5.74) is 3.72. The van der Waals surface area contributed by atoms with Crippen molar-refractivity contribution in [3.63, 3.8) is 0 Å². The molecule has 0 saturated heterocycles. The van der Waals surface area contributed by atoms with Crippen LogP contribution >= 0.6 is 11.8 Å². The molecule has 4 rings (SSSR count). The van der Waals surface area contributed by atoms with Crippen LogP contribution in [-0.4, -0.2) is 52.8 Å². The molecule has 10 heteroatoms. The molecule has 1 aromatic heterocycles. The van der Waals surface area contributed by atoms with E-state index < -0.39 is 12.0 Å². The number of rotatable bonds is 10. The summed E-state index contributed by atoms with van der Waals surface area (Å²) in [4.78, 5) is 25.6. The number of carbonyl (C=O) groups is 2. The van der Waals surface area contributed by atoms with Gasteiger partial charge < -0.3 is 20.1 Å². The van der Waals surface area contributed by atoms with E-state index in [4.69, 9.17) is 9.47 Å². The van der Waals surface area contributed by atoms with E-state index in [-0.39, 0.29) is 12.6 Å².